The monoisotopic (exact) mass is 217 g/mol. The van der Waals surface area contributed by atoms with Crippen molar-refractivity contribution in [1.29, 1.82) is 0 Å². The quantitative estimate of drug-likeness (QED) is 0.827. The molecule has 3 rings (SSSR count). The van der Waals surface area contributed by atoms with Crippen molar-refractivity contribution in [2.75, 3.05) is 0 Å². The first-order valence-corrected chi connectivity index (χ1v) is 5.61. The molecule has 1 saturated carbocycles. The molecule has 0 aromatic carbocycles. The zero-order chi connectivity index (χ0) is 11.2. The maximum absolute atomic E-state index is 6.06. The number of hydrogen-bond acceptors (Lipinski definition) is 4. The van der Waals surface area contributed by atoms with E-state index in [0.717, 1.165) is 31.5 Å². The fourth-order valence-corrected chi connectivity index (χ4v) is 1.86. The second-order valence-electron chi connectivity index (χ2n) is 4.73. The Morgan fingerprint density at radius 1 is 1.50 bits per heavy atom. The Morgan fingerprint density at radius 2 is 2.31 bits per heavy atom. The van der Waals surface area contributed by atoms with Gasteiger partial charge in [-0.3, -0.25) is 0 Å². The van der Waals surface area contributed by atoms with Crippen LogP contribution in [0, 0.1) is 6.92 Å². The average Bonchev–Trinajstić information content (AvgIpc) is 2.87. The third-order valence-corrected chi connectivity index (χ3v) is 3.16. The molecule has 5 nitrogen and oxygen atoms in total. The Kier molecular flexibility index (Phi) is 1.97. The highest BCUT2D eigenvalue weighted by atomic mass is 15.3. The lowest BCUT2D eigenvalue weighted by Gasteiger charge is -2.07. The molecule has 0 radical (unpaired) electrons. The number of hydrogen-bond donors (Lipinski definition) is 1. The maximum Gasteiger partial charge on any atom is 0.252 e. The van der Waals surface area contributed by atoms with E-state index in [2.05, 4.69) is 15.1 Å². The van der Waals surface area contributed by atoms with Crippen molar-refractivity contribution >= 4 is 5.78 Å². The minimum absolute atomic E-state index is 0.104. The molecule has 1 aliphatic rings. The molecule has 0 unspecified atom stereocenters. The van der Waals surface area contributed by atoms with Gasteiger partial charge in [0.1, 0.15) is 5.82 Å². The first kappa shape index (κ1) is 9.72. The van der Waals surface area contributed by atoms with Crippen molar-refractivity contribution in [3.63, 3.8) is 0 Å². The van der Waals surface area contributed by atoms with Gasteiger partial charge in [-0.25, -0.2) is 9.50 Å². The number of rotatable bonds is 3. The zero-order valence-electron chi connectivity index (χ0n) is 9.35. The van der Waals surface area contributed by atoms with Crippen LogP contribution in [-0.4, -0.2) is 25.1 Å². The van der Waals surface area contributed by atoms with Gasteiger partial charge in [0.15, 0.2) is 0 Å². The van der Waals surface area contributed by atoms with Gasteiger partial charge in [0.2, 0.25) is 0 Å². The van der Waals surface area contributed by atoms with Gasteiger partial charge in [0, 0.05) is 17.9 Å². The van der Waals surface area contributed by atoms with E-state index in [0.29, 0.717) is 5.78 Å². The molecule has 0 bridgehead atoms. The molecular formula is C11H15N5. The minimum Gasteiger partial charge on any atom is -0.325 e. The summed E-state index contributed by atoms with van der Waals surface area (Å²) in [4.78, 5) is 8.46. The van der Waals surface area contributed by atoms with Crippen molar-refractivity contribution < 1.29 is 0 Å². The zero-order valence-corrected chi connectivity index (χ0v) is 9.35. The predicted molar refractivity (Wildman–Crippen MR) is 60.0 cm³/mol. The number of nitrogens with zero attached hydrogens (tertiary/aromatic N) is 4. The SMILES string of the molecule is Cc1nc2ncc(CCC3(N)CC3)cn2n1. The molecule has 5 heteroatoms. The van der Waals surface area contributed by atoms with E-state index in [-0.39, 0.29) is 5.54 Å². The van der Waals surface area contributed by atoms with Crippen molar-refractivity contribution in [3.8, 4) is 0 Å². The lowest BCUT2D eigenvalue weighted by molar-refractivity contribution is 0.606. The van der Waals surface area contributed by atoms with Crippen LogP contribution in [0.4, 0.5) is 0 Å². The fourth-order valence-electron chi connectivity index (χ4n) is 1.86. The van der Waals surface area contributed by atoms with E-state index in [1.165, 1.54) is 5.56 Å². The molecule has 2 N–H and O–H groups in total. The highest BCUT2D eigenvalue weighted by Gasteiger charge is 2.37. The molecular weight excluding hydrogens is 202 g/mol. The second-order valence-corrected chi connectivity index (χ2v) is 4.73. The molecule has 0 atom stereocenters. The van der Waals surface area contributed by atoms with E-state index >= 15 is 0 Å². The number of aryl methyl sites for hydroxylation is 2. The summed E-state index contributed by atoms with van der Waals surface area (Å²) in [5.74, 6) is 1.41. The summed E-state index contributed by atoms with van der Waals surface area (Å²) in [5.41, 5.74) is 7.34. The Morgan fingerprint density at radius 3 is 3.06 bits per heavy atom. The molecule has 2 heterocycles. The molecule has 1 aliphatic carbocycles. The van der Waals surface area contributed by atoms with Crippen LogP contribution in [0.2, 0.25) is 0 Å². The molecule has 1 fully saturated rings. The summed E-state index contributed by atoms with van der Waals surface area (Å²) >= 11 is 0. The van der Waals surface area contributed by atoms with Crippen LogP contribution in [0.25, 0.3) is 5.78 Å². The van der Waals surface area contributed by atoms with Gasteiger partial charge in [-0.1, -0.05) is 0 Å². The van der Waals surface area contributed by atoms with Crippen LogP contribution in [0.15, 0.2) is 12.4 Å². The molecule has 0 aliphatic heterocycles. The third kappa shape index (κ3) is 1.78. The van der Waals surface area contributed by atoms with Gasteiger partial charge in [-0.2, -0.15) is 10.1 Å². The summed E-state index contributed by atoms with van der Waals surface area (Å²) in [6.45, 7) is 1.87. The summed E-state index contributed by atoms with van der Waals surface area (Å²) < 4.78 is 1.74. The lowest BCUT2D eigenvalue weighted by atomic mass is 10.1. The fraction of sp³-hybridized carbons (Fsp3) is 0.545. The largest absolute Gasteiger partial charge is 0.325 e. The van der Waals surface area contributed by atoms with Gasteiger partial charge < -0.3 is 5.73 Å². The van der Waals surface area contributed by atoms with Crippen LogP contribution in [0.1, 0.15) is 30.7 Å². The van der Waals surface area contributed by atoms with Crippen LogP contribution >= 0.6 is 0 Å². The lowest BCUT2D eigenvalue weighted by Crippen LogP contribution is -2.22. The normalized spacial score (nSPS) is 17.9. The van der Waals surface area contributed by atoms with E-state index in [9.17, 15) is 0 Å². The highest BCUT2D eigenvalue weighted by Crippen LogP contribution is 2.36. The van der Waals surface area contributed by atoms with Crippen LogP contribution < -0.4 is 5.73 Å². The summed E-state index contributed by atoms with van der Waals surface area (Å²) in [5, 5.41) is 4.25. The molecule has 0 amide bonds. The number of fused-ring (bicyclic) bond motifs is 1. The summed E-state index contributed by atoms with van der Waals surface area (Å²) in [7, 11) is 0. The van der Waals surface area contributed by atoms with Crippen LogP contribution in [-0.2, 0) is 6.42 Å². The Labute approximate surface area is 93.7 Å². The first-order valence-electron chi connectivity index (χ1n) is 5.61. The van der Waals surface area contributed by atoms with Gasteiger partial charge >= 0.3 is 0 Å². The van der Waals surface area contributed by atoms with Crippen molar-refractivity contribution in [2.45, 2.75) is 38.1 Å². The Hall–Kier alpha value is -1.49. The van der Waals surface area contributed by atoms with Gasteiger partial charge in [0.05, 0.1) is 0 Å². The van der Waals surface area contributed by atoms with E-state index < -0.39 is 0 Å². The van der Waals surface area contributed by atoms with Crippen molar-refractivity contribution in [1.82, 2.24) is 19.6 Å². The molecule has 2 aromatic rings. The van der Waals surface area contributed by atoms with Gasteiger partial charge in [0.25, 0.3) is 5.78 Å². The molecule has 16 heavy (non-hydrogen) atoms. The Bertz CT molecular complexity index is 526. The Balaban J connectivity index is 1.81. The van der Waals surface area contributed by atoms with Crippen molar-refractivity contribution in [3.05, 3.63) is 23.8 Å². The number of aromatic nitrogens is 4. The van der Waals surface area contributed by atoms with Crippen LogP contribution in [0.3, 0.4) is 0 Å². The molecule has 2 aromatic heterocycles. The average molecular weight is 217 g/mol. The summed E-state index contributed by atoms with van der Waals surface area (Å²) in [6, 6.07) is 0. The standard InChI is InChI=1S/C11H15N5/c1-8-14-10-13-6-9(7-16(10)15-8)2-3-11(12)4-5-11/h6-7H,2-5,12H2,1H3. The topological polar surface area (TPSA) is 69.1 Å². The molecule has 84 valence electrons. The van der Waals surface area contributed by atoms with Crippen LogP contribution in [0.5, 0.6) is 0 Å². The predicted octanol–water partition coefficient (Wildman–Crippen LogP) is 0.857. The van der Waals surface area contributed by atoms with Crippen molar-refractivity contribution in [2.24, 2.45) is 5.73 Å². The third-order valence-electron chi connectivity index (χ3n) is 3.16. The van der Waals surface area contributed by atoms with E-state index in [1.807, 2.05) is 19.3 Å². The maximum atomic E-state index is 6.06. The van der Waals surface area contributed by atoms with E-state index in [1.54, 1.807) is 4.52 Å². The minimum atomic E-state index is 0.104. The van der Waals surface area contributed by atoms with E-state index in [4.69, 9.17) is 5.73 Å². The number of nitrogens with two attached hydrogens (primary N) is 1. The molecule has 0 spiro atoms. The van der Waals surface area contributed by atoms with Gasteiger partial charge in [-0.05, 0) is 38.2 Å². The van der Waals surface area contributed by atoms with Gasteiger partial charge in [-0.15, -0.1) is 0 Å². The summed E-state index contributed by atoms with van der Waals surface area (Å²) in [6.07, 6.45) is 8.19. The second kappa shape index (κ2) is 3.25. The smallest absolute Gasteiger partial charge is 0.252 e. The molecule has 0 saturated heterocycles. The highest BCUT2D eigenvalue weighted by molar-refractivity contribution is 5.27. The first-order chi connectivity index (χ1) is 7.65.